The van der Waals surface area contributed by atoms with Gasteiger partial charge in [0.15, 0.2) is 0 Å². The lowest BCUT2D eigenvalue weighted by Crippen LogP contribution is -2.32. The summed E-state index contributed by atoms with van der Waals surface area (Å²) in [5, 5.41) is 7.29. The van der Waals surface area contributed by atoms with Gasteiger partial charge in [-0.15, -0.1) is 0 Å². The molecular formula is C26H39N5O2. The number of fused-ring (bicyclic) bond motifs is 1. The highest BCUT2D eigenvalue weighted by molar-refractivity contribution is 5.53. The van der Waals surface area contributed by atoms with Gasteiger partial charge < -0.3 is 25.0 Å². The van der Waals surface area contributed by atoms with Gasteiger partial charge in [-0.3, -0.25) is 0 Å². The standard InChI is InChI=1S/C26H39N5O2/c1-31(2)25-23-7-5-6-8-24(23)29-26(30-25)28-20-11-9-18(10-12-20)16-27-17-19-13-21(32-3)15-22(14-19)33-4/h13-15,18,20,27H,5-12,16-17H2,1-4H3,(H,28,29,30)/t18-,20+. The fraction of sp³-hybridized carbons (Fsp3) is 0.615. The van der Waals surface area contributed by atoms with Crippen molar-refractivity contribution in [2.45, 2.75) is 64.0 Å². The normalized spacial score (nSPS) is 20.1. The lowest BCUT2D eigenvalue weighted by atomic mass is 9.86. The van der Waals surface area contributed by atoms with Gasteiger partial charge in [-0.25, -0.2) is 4.98 Å². The molecule has 1 fully saturated rings. The van der Waals surface area contributed by atoms with Crippen LogP contribution in [0.5, 0.6) is 11.5 Å². The number of methoxy groups -OCH3 is 2. The third-order valence-corrected chi connectivity index (χ3v) is 6.94. The second kappa shape index (κ2) is 11.1. The minimum Gasteiger partial charge on any atom is -0.497 e. The first kappa shape index (κ1) is 23.6. The van der Waals surface area contributed by atoms with Gasteiger partial charge in [0, 0.05) is 38.3 Å². The highest BCUT2D eigenvalue weighted by Crippen LogP contribution is 2.30. The van der Waals surface area contributed by atoms with Crippen LogP contribution in [0.15, 0.2) is 18.2 Å². The monoisotopic (exact) mass is 453 g/mol. The van der Waals surface area contributed by atoms with Crippen molar-refractivity contribution in [1.82, 2.24) is 15.3 Å². The van der Waals surface area contributed by atoms with Crippen molar-refractivity contribution in [2.24, 2.45) is 5.92 Å². The van der Waals surface area contributed by atoms with Crippen LogP contribution in [-0.4, -0.2) is 50.9 Å². The maximum Gasteiger partial charge on any atom is 0.225 e. The summed E-state index contributed by atoms with van der Waals surface area (Å²) in [6.07, 6.45) is 9.42. The number of hydrogen-bond acceptors (Lipinski definition) is 7. The molecule has 0 saturated heterocycles. The molecule has 0 atom stereocenters. The number of nitrogens with one attached hydrogen (secondary N) is 2. The number of aryl methyl sites for hydroxylation is 1. The fourth-order valence-electron chi connectivity index (χ4n) is 5.09. The topological polar surface area (TPSA) is 71.5 Å². The van der Waals surface area contributed by atoms with Crippen molar-refractivity contribution in [1.29, 1.82) is 0 Å². The van der Waals surface area contributed by atoms with Crippen molar-refractivity contribution in [3.8, 4) is 11.5 Å². The molecule has 0 radical (unpaired) electrons. The Kier molecular flexibility index (Phi) is 7.91. The molecule has 0 bridgehead atoms. The number of rotatable bonds is 9. The first-order chi connectivity index (χ1) is 16.1. The predicted molar refractivity (Wildman–Crippen MR) is 134 cm³/mol. The van der Waals surface area contributed by atoms with Crippen molar-refractivity contribution >= 4 is 11.8 Å². The molecule has 2 aliphatic carbocycles. The summed E-state index contributed by atoms with van der Waals surface area (Å²) in [7, 11) is 7.55. The Labute approximate surface area is 198 Å². The molecule has 0 unspecified atom stereocenters. The van der Waals surface area contributed by atoms with E-state index in [1.807, 2.05) is 6.07 Å². The summed E-state index contributed by atoms with van der Waals surface area (Å²) in [4.78, 5) is 11.9. The molecule has 4 rings (SSSR count). The minimum absolute atomic E-state index is 0.459. The van der Waals surface area contributed by atoms with E-state index >= 15 is 0 Å². The zero-order valence-electron chi connectivity index (χ0n) is 20.6. The Balaban J connectivity index is 1.26. The predicted octanol–water partition coefficient (Wildman–Crippen LogP) is 4.20. The van der Waals surface area contributed by atoms with Crippen LogP contribution in [0.3, 0.4) is 0 Å². The molecule has 0 amide bonds. The average molecular weight is 454 g/mol. The Bertz CT molecular complexity index is 903. The number of nitrogens with zero attached hydrogens (tertiary/aromatic N) is 3. The van der Waals surface area contributed by atoms with E-state index in [2.05, 4.69) is 41.8 Å². The van der Waals surface area contributed by atoms with Gasteiger partial charge in [0.25, 0.3) is 0 Å². The Morgan fingerprint density at radius 2 is 1.64 bits per heavy atom. The maximum atomic E-state index is 5.38. The van der Waals surface area contributed by atoms with Gasteiger partial charge in [0.2, 0.25) is 5.95 Å². The summed E-state index contributed by atoms with van der Waals surface area (Å²) >= 11 is 0. The van der Waals surface area contributed by atoms with Crippen LogP contribution in [0, 0.1) is 5.92 Å². The molecular weight excluding hydrogens is 414 g/mol. The van der Waals surface area contributed by atoms with Crippen LogP contribution in [0.1, 0.15) is 55.3 Å². The second-order valence-electron chi connectivity index (χ2n) is 9.61. The smallest absolute Gasteiger partial charge is 0.225 e. The largest absolute Gasteiger partial charge is 0.497 e. The van der Waals surface area contributed by atoms with Gasteiger partial charge in [-0.05, 0) is 81.5 Å². The fourth-order valence-corrected chi connectivity index (χ4v) is 5.09. The van der Waals surface area contributed by atoms with Crippen molar-refractivity contribution in [3.63, 3.8) is 0 Å². The average Bonchev–Trinajstić information content (AvgIpc) is 2.84. The third-order valence-electron chi connectivity index (χ3n) is 6.94. The lowest BCUT2D eigenvalue weighted by Gasteiger charge is -2.30. The summed E-state index contributed by atoms with van der Waals surface area (Å²) in [5.74, 6) is 4.28. The van der Waals surface area contributed by atoms with Gasteiger partial charge >= 0.3 is 0 Å². The molecule has 0 spiro atoms. The van der Waals surface area contributed by atoms with Gasteiger partial charge in [0.05, 0.1) is 19.9 Å². The van der Waals surface area contributed by atoms with Gasteiger partial charge in [-0.2, -0.15) is 4.98 Å². The highest BCUT2D eigenvalue weighted by Gasteiger charge is 2.24. The van der Waals surface area contributed by atoms with E-state index in [4.69, 9.17) is 19.4 Å². The van der Waals surface area contributed by atoms with Gasteiger partial charge in [-0.1, -0.05) is 0 Å². The summed E-state index contributed by atoms with van der Waals surface area (Å²) in [5.41, 5.74) is 3.78. The second-order valence-corrected chi connectivity index (χ2v) is 9.61. The SMILES string of the molecule is COc1cc(CNC[C@H]2CC[C@@H](Nc3nc4c(c(N(C)C)n3)CCCC4)CC2)cc(OC)c1. The van der Waals surface area contributed by atoms with Gasteiger partial charge in [0.1, 0.15) is 17.3 Å². The van der Waals surface area contributed by atoms with E-state index in [1.54, 1.807) is 14.2 Å². The summed E-state index contributed by atoms with van der Waals surface area (Å²) < 4.78 is 10.8. The van der Waals surface area contributed by atoms with Crippen LogP contribution in [0.2, 0.25) is 0 Å². The quantitative estimate of drug-likeness (QED) is 0.590. The molecule has 2 aromatic rings. The zero-order valence-corrected chi connectivity index (χ0v) is 20.6. The summed E-state index contributed by atoms with van der Waals surface area (Å²) in [6, 6.07) is 6.50. The zero-order chi connectivity index (χ0) is 23.2. The molecule has 2 N–H and O–H groups in total. The number of anilines is 2. The van der Waals surface area contributed by atoms with E-state index in [0.29, 0.717) is 12.0 Å². The maximum absolute atomic E-state index is 5.38. The molecule has 7 nitrogen and oxygen atoms in total. The molecule has 2 aliphatic rings. The first-order valence-electron chi connectivity index (χ1n) is 12.3. The number of hydrogen-bond donors (Lipinski definition) is 2. The van der Waals surface area contributed by atoms with Crippen LogP contribution < -0.4 is 25.0 Å². The third kappa shape index (κ3) is 6.08. The molecule has 0 aliphatic heterocycles. The van der Waals surface area contributed by atoms with E-state index in [0.717, 1.165) is 62.0 Å². The van der Waals surface area contributed by atoms with Crippen LogP contribution in [-0.2, 0) is 19.4 Å². The number of ether oxygens (including phenoxy) is 2. The minimum atomic E-state index is 0.459. The summed E-state index contributed by atoms with van der Waals surface area (Å²) in [6.45, 7) is 1.86. The molecule has 1 aromatic carbocycles. The Morgan fingerprint density at radius 3 is 2.30 bits per heavy atom. The van der Waals surface area contributed by atoms with Crippen LogP contribution in [0.25, 0.3) is 0 Å². The van der Waals surface area contributed by atoms with E-state index in [9.17, 15) is 0 Å². The molecule has 33 heavy (non-hydrogen) atoms. The van der Waals surface area contributed by atoms with E-state index in [1.165, 1.54) is 42.5 Å². The first-order valence-corrected chi connectivity index (χ1v) is 12.3. The molecule has 180 valence electrons. The lowest BCUT2D eigenvalue weighted by molar-refractivity contribution is 0.323. The van der Waals surface area contributed by atoms with Crippen molar-refractivity contribution < 1.29 is 9.47 Å². The molecule has 1 heterocycles. The van der Waals surface area contributed by atoms with Crippen molar-refractivity contribution in [3.05, 3.63) is 35.0 Å². The van der Waals surface area contributed by atoms with Crippen LogP contribution >= 0.6 is 0 Å². The van der Waals surface area contributed by atoms with Crippen LogP contribution in [0.4, 0.5) is 11.8 Å². The molecule has 1 saturated carbocycles. The number of aromatic nitrogens is 2. The van der Waals surface area contributed by atoms with E-state index < -0.39 is 0 Å². The molecule has 1 aromatic heterocycles. The number of benzene rings is 1. The van der Waals surface area contributed by atoms with Crippen molar-refractivity contribution in [2.75, 3.05) is 45.1 Å². The van der Waals surface area contributed by atoms with E-state index in [-0.39, 0.29) is 0 Å². The Hall–Kier alpha value is -2.54. The Morgan fingerprint density at radius 1 is 0.939 bits per heavy atom. The molecule has 7 heteroatoms. The highest BCUT2D eigenvalue weighted by atomic mass is 16.5.